The molecule has 0 N–H and O–H groups in total. The molecule has 4 nitrogen and oxygen atoms in total. The molecule has 0 radical (unpaired) electrons. The van der Waals surface area contributed by atoms with Crippen LogP contribution in [0.3, 0.4) is 0 Å². The number of hydrogen-bond donors (Lipinski definition) is 0. The molecule has 0 aromatic carbocycles. The first-order valence-electron chi connectivity index (χ1n) is 10.5. The number of carbonyl (C=O) groups is 2. The molecule has 2 aliphatic heterocycles. The van der Waals surface area contributed by atoms with Crippen molar-refractivity contribution in [3.8, 4) is 0 Å². The van der Waals surface area contributed by atoms with Crippen molar-refractivity contribution in [1.82, 2.24) is 0 Å². The van der Waals surface area contributed by atoms with Crippen LogP contribution in [0.1, 0.15) is 60.3 Å². The van der Waals surface area contributed by atoms with Crippen LogP contribution in [-0.2, 0) is 19.1 Å². The smallest absolute Gasteiger partial charge is 0.210 e. The van der Waals surface area contributed by atoms with Crippen molar-refractivity contribution in [2.24, 2.45) is 5.92 Å². The number of allylic oxidation sites excluding steroid dienone is 4. The van der Waals surface area contributed by atoms with Gasteiger partial charge in [-0.1, -0.05) is 28.9 Å². The van der Waals surface area contributed by atoms with Gasteiger partial charge in [-0.3, -0.25) is 9.59 Å². The molecule has 4 heteroatoms. The Balaban J connectivity index is 1.84. The fourth-order valence-corrected chi connectivity index (χ4v) is 4.32. The van der Waals surface area contributed by atoms with Crippen LogP contribution in [0.5, 0.6) is 0 Å². The topological polar surface area (TPSA) is 52.6 Å². The molecule has 0 aromatic heterocycles. The van der Waals surface area contributed by atoms with Gasteiger partial charge in [0.05, 0.1) is 12.2 Å². The maximum atomic E-state index is 12.1. The van der Waals surface area contributed by atoms with Crippen LogP contribution in [-0.4, -0.2) is 30.1 Å². The predicted molar refractivity (Wildman–Crippen MR) is 114 cm³/mol. The molecule has 3 rings (SSSR count). The van der Waals surface area contributed by atoms with Gasteiger partial charge in [0, 0.05) is 12.3 Å². The quantitative estimate of drug-likeness (QED) is 0.475. The Morgan fingerprint density at radius 1 is 1.17 bits per heavy atom. The normalized spacial score (nSPS) is 32.2. The van der Waals surface area contributed by atoms with Gasteiger partial charge in [0.2, 0.25) is 5.79 Å². The minimum absolute atomic E-state index is 0.0719. The van der Waals surface area contributed by atoms with Gasteiger partial charge in [-0.05, 0) is 83.3 Å². The highest BCUT2D eigenvalue weighted by Gasteiger charge is 2.45. The third kappa shape index (κ3) is 5.12. The number of carbonyl (C=O) groups excluding carboxylic acids is 2. The Bertz CT molecular complexity index is 835. The van der Waals surface area contributed by atoms with E-state index < -0.39 is 5.79 Å². The van der Waals surface area contributed by atoms with E-state index >= 15 is 0 Å². The Labute approximate surface area is 174 Å². The molecule has 0 amide bonds. The lowest BCUT2D eigenvalue weighted by molar-refractivity contribution is -0.224. The van der Waals surface area contributed by atoms with E-state index in [0.29, 0.717) is 17.6 Å². The fourth-order valence-electron chi connectivity index (χ4n) is 4.32. The first-order chi connectivity index (χ1) is 13.7. The van der Waals surface area contributed by atoms with Crippen molar-refractivity contribution in [3.05, 3.63) is 58.2 Å². The van der Waals surface area contributed by atoms with Crippen molar-refractivity contribution in [2.45, 2.75) is 78.3 Å². The molecule has 4 atom stereocenters. The second-order valence-electron chi connectivity index (χ2n) is 8.83. The Hall–Kier alpha value is -2.04. The predicted octanol–water partition coefficient (Wildman–Crippen LogP) is 5.17. The van der Waals surface area contributed by atoms with Gasteiger partial charge in [0.1, 0.15) is 6.29 Å². The minimum atomic E-state index is -1.06. The zero-order chi connectivity index (χ0) is 21.2. The molecule has 0 aromatic rings. The minimum Gasteiger partial charge on any atom is -0.335 e. The van der Waals surface area contributed by atoms with Crippen LogP contribution in [0.15, 0.2) is 58.2 Å². The van der Waals surface area contributed by atoms with Crippen molar-refractivity contribution in [2.75, 3.05) is 0 Å². The van der Waals surface area contributed by atoms with Crippen molar-refractivity contribution < 1.29 is 19.1 Å². The third-order valence-electron chi connectivity index (χ3n) is 5.78. The summed E-state index contributed by atoms with van der Waals surface area (Å²) >= 11 is 0. The maximum Gasteiger partial charge on any atom is 0.210 e. The second kappa shape index (κ2) is 8.76. The first kappa shape index (κ1) is 21.7. The number of ether oxygens (including phenoxy) is 2. The maximum absolute atomic E-state index is 12.1. The lowest BCUT2D eigenvalue weighted by Crippen LogP contribution is -2.48. The average Bonchev–Trinajstić information content (AvgIpc) is 2.61. The molecule has 0 saturated carbocycles. The second-order valence-corrected chi connectivity index (χ2v) is 8.83. The zero-order valence-electron chi connectivity index (χ0n) is 18.2. The van der Waals surface area contributed by atoms with Crippen LogP contribution in [0.2, 0.25) is 0 Å². The molecule has 1 spiro atoms. The summed E-state index contributed by atoms with van der Waals surface area (Å²) in [5, 5.41) is 0. The molecule has 3 aliphatic rings. The van der Waals surface area contributed by atoms with E-state index in [-0.39, 0.29) is 23.9 Å². The summed E-state index contributed by atoms with van der Waals surface area (Å²) in [7, 11) is 0. The molecule has 156 valence electrons. The van der Waals surface area contributed by atoms with Crippen molar-refractivity contribution >= 4 is 12.1 Å². The number of rotatable bonds is 5. The Morgan fingerprint density at radius 3 is 2.62 bits per heavy atom. The number of aldehydes is 1. The lowest BCUT2D eigenvalue weighted by atomic mass is 9.79. The van der Waals surface area contributed by atoms with E-state index in [9.17, 15) is 9.59 Å². The Kier molecular flexibility index (Phi) is 6.55. The fraction of sp³-hybridized carbons (Fsp3) is 0.520. The molecule has 1 aliphatic carbocycles. The molecule has 0 fully saturated rings. The standard InChI is InChI=1S/C25H32O4/c1-16(2)7-6-8-17(3)9-21-10-18(4)13-25(28-21)14-20(15-26)22-12-23(27)19(5)11-24(22)29-25/h7,9,11,13-15,21-22,24H,6,8,10,12H2,1-5H3/t21-,22-,24-,25+/m1/s1. The lowest BCUT2D eigenvalue weighted by Gasteiger charge is -2.44. The summed E-state index contributed by atoms with van der Waals surface area (Å²) in [6, 6.07) is 0. The van der Waals surface area contributed by atoms with Gasteiger partial charge < -0.3 is 9.47 Å². The summed E-state index contributed by atoms with van der Waals surface area (Å²) in [6.45, 7) is 10.2. The largest absolute Gasteiger partial charge is 0.335 e. The zero-order valence-corrected chi connectivity index (χ0v) is 18.2. The summed E-state index contributed by atoms with van der Waals surface area (Å²) in [5.74, 6) is -1.21. The van der Waals surface area contributed by atoms with Crippen LogP contribution < -0.4 is 0 Å². The van der Waals surface area contributed by atoms with Gasteiger partial charge >= 0.3 is 0 Å². The van der Waals surface area contributed by atoms with E-state index in [0.717, 1.165) is 25.5 Å². The van der Waals surface area contributed by atoms with Crippen molar-refractivity contribution in [3.63, 3.8) is 0 Å². The molecular weight excluding hydrogens is 364 g/mol. The van der Waals surface area contributed by atoms with E-state index in [1.807, 2.05) is 12.2 Å². The molecular formula is C25H32O4. The summed E-state index contributed by atoms with van der Waals surface area (Å²) in [4.78, 5) is 23.9. The first-order valence-corrected chi connectivity index (χ1v) is 10.5. The monoisotopic (exact) mass is 396 g/mol. The highest BCUT2D eigenvalue weighted by molar-refractivity contribution is 5.97. The number of fused-ring (bicyclic) bond motifs is 1. The number of Topliss-reactive ketones (excluding diaryl/α,β-unsaturated/α-hetero) is 1. The molecule has 0 unspecified atom stereocenters. The van der Waals surface area contributed by atoms with Gasteiger partial charge in [-0.15, -0.1) is 0 Å². The van der Waals surface area contributed by atoms with Gasteiger partial charge in [0.15, 0.2) is 5.78 Å². The van der Waals surface area contributed by atoms with Crippen LogP contribution >= 0.6 is 0 Å². The third-order valence-corrected chi connectivity index (χ3v) is 5.78. The number of hydrogen-bond acceptors (Lipinski definition) is 4. The molecule has 2 heterocycles. The van der Waals surface area contributed by atoms with Gasteiger partial charge in [-0.2, -0.15) is 0 Å². The highest BCUT2D eigenvalue weighted by Crippen LogP contribution is 2.42. The Morgan fingerprint density at radius 2 is 1.93 bits per heavy atom. The van der Waals surface area contributed by atoms with Crippen LogP contribution in [0.4, 0.5) is 0 Å². The summed E-state index contributed by atoms with van der Waals surface area (Å²) in [6.07, 6.45) is 13.5. The average molecular weight is 397 g/mol. The SMILES string of the molecule is CC(C)=CCCC(C)=C[C@@H]1CC(C)=C[C@]2(C=C(C=O)[C@H]3CC(=O)C(C)=C[C@H]3O2)O1. The summed E-state index contributed by atoms with van der Waals surface area (Å²) < 4.78 is 12.7. The van der Waals surface area contributed by atoms with Crippen LogP contribution in [0.25, 0.3) is 0 Å². The highest BCUT2D eigenvalue weighted by atomic mass is 16.7. The molecule has 0 bridgehead atoms. The van der Waals surface area contributed by atoms with E-state index in [1.54, 1.807) is 13.0 Å². The molecule has 29 heavy (non-hydrogen) atoms. The number of ketones is 1. The van der Waals surface area contributed by atoms with Gasteiger partial charge in [0.25, 0.3) is 0 Å². The summed E-state index contributed by atoms with van der Waals surface area (Å²) in [5.41, 5.74) is 5.06. The van der Waals surface area contributed by atoms with E-state index in [1.165, 1.54) is 16.7 Å². The van der Waals surface area contributed by atoms with Crippen molar-refractivity contribution in [1.29, 1.82) is 0 Å². The van der Waals surface area contributed by atoms with E-state index in [2.05, 4.69) is 39.8 Å². The van der Waals surface area contributed by atoms with Gasteiger partial charge in [-0.25, -0.2) is 0 Å². The molecule has 0 saturated heterocycles. The van der Waals surface area contributed by atoms with E-state index in [4.69, 9.17) is 9.47 Å². The van der Waals surface area contributed by atoms with Crippen LogP contribution in [0, 0.1) is 5.92 Å².